The number of benzene rings is 1. The molecule has 0 heterocycles. The molecule has 0 bridgehead atoms. The van der Waals surface area contributed by atoms with Gasteiger partial charge in [-0.25, -0.2) is 0 Å². The Balaban J connectivity index is 1.93. The summed E-state index contributed by atoms with van der Waals surface area (Å²) in [6, 6.07) is 5.11. The highest BCUT2D eigenvalue weighted by Crippen LogP contribution is 2.25. The lowest BCUT2D eigenvalue weighted by Crippen LogP contribution is -2.39. The summed E-state index contributed by atoms with van der Waals surface area (Å²) < 4.78 is 5.54. The zero-order valence-corrected chi connectivity index (χ0v) is 14.1. The number of aliphatic hydroxyl groups is 1. The molecule has 1 aliphatic carbocycles. The molecule has 2 amide bonds. The molecule has 24 heavy (non-hydrogen) atoms. The molecule has 0 radical (unpaired) electrons. The molecule has 1 aromatic carbocycles. The largest absolute Gasteiger partial charge is 0.493 e. The Labute approximate surface area is 141 Å². The predicted molar refractivity (Wildman–Crippen MR) is 90.7 cm³/mol. The maximum Gasteiger partial charge on any atom is 0.253 e. The second-order valence-electron chi connectivity index (χ2n) is 6.27. The SMILES string of the molecule is C[C@@H](CO)COc1ccc(N)c(C(=O)NCC(=O)N(C)C2CC2)c1. The number of nitrogen functional groups attached to an aromatic ring is 1. The summed E-state index contributed by atoms with van der Waals surface area (Å²) in [7, 11) is 1.75. The van der Waals surface area contributed by atoms with E-state index in [-0.39, 0.29) is 30.5 Å². The van der Waals surface area contributed by atoms with Crippen molar-refractivity contribution in [1.29, 1.82) is 0 Å². The van der Waals surface area contributed by atoms with Crippen LogP contribution in [0.2, 0.25) is 0 Å². The van der Waals surface area contributed by atoms with Gasteiger partial charge in [0.1, 0.15) is 5.75 Å². The number of ether oxygens (including phenoxy) is 1. The first-order chi connectivity index (χ1) is 11.4. The van der Waals surface area contributed by atoms with E-state index in [2.05, 4.69) is 5.32 Å². The van der Waals surface area contributed by atoms with Crippen LogP contribution >= 0.6 is 0 Å². The number of nitrogens with two attached hydrogens (primary N) is 1. The number of anilines is 1. The van der Waals surface area contributed by atoms with Crippen molar-refractivity contribution in [2.45, 2.75) is 25.8 Å². The first-order valence-corrected chi connectivity index (χ1v) is 8.09. The number of rotatable bonds is 8. The molecule has 7 nitrogen and oxygen atoms in total. The Bertz CT molecular complexity index is 601. The summed E-state index contributed by atoms with van der Waals surface area (Å²) >= 11 is 0. The molecule has 7 heteroatoms. The topological polar surface area (TPSA) is 105 Å². The molecule has 132 valence electrons. The van der Waals surface area contributed by atoms with Gasteiger partial charge in [0.15, 0.2) is 0 Å². The third-order valence-electron chi connectivity index (χ3n) is 4.00. The van der Waals surface area contributed by atoms with Crippen LogP contribution in [-0.4, -0.2) is 54.7 Å². The van der Waals surface area contributed by atoms with Crippen molar-refractivity contribution in [3.05, 3.63) is 23.8 Å². The third kappa shape index (κ3) is 4.86. The van der Waals surface area contributed by atoms with Gasteiger partial charge in [-0.05, 0) is 31.0 Å². The number of hydrogen-bond acceptors (Lipinski definition) is 5. The Hall–Kier alpha value is -2.28. The second-order valence-corrected chi connectivity index (χ2v) is 6.27. The molecule has 1 aromatic rings. The average Bonchev–Trinajstić information content (AvgIpc) is 3.42. The number of hydrogen-bond donors (Lipinski definition) is 3. The van der Waals surface area contributed by atoms with Crippen LogP contribution in [-0.2, 0) is 4.79 Å². The van der Waals surface area contributed by atoms with Crippen LogP contribution in [0.3, 0.4) is 0 Å². The van der Waals surface area contributed by atoms with E-state index in [1.54, 1.807) is 30.1 Å². The van der Waals surface area contributed by atoms with Gasteiger partial charge in [0.2, 0.25) is 5.91 Å². The number of carbonyl (C=O) groups is 2. The highest BCUT2D eigenvalue weighted by atomic mass is 16.5. The van der Waals surface area contributed by atoms with Crippen molar-refractivity contribution < 1.29 is 19.4 Å². The summed E-state index contributed by atoms with van der Waals surface area (Å²) in [5.74, 6) is -0.0363. The van der Waals surface area contributed by atoms with Gasteiger partial charge in [0, 0.05) is 31.3 Å². The molecule has 1 saturated carbocycles. The second kappa shape index (κ2) is 8.01. The lowest BCUT2D eigenvalue weighted by atomic mass is 10.1. The van der Waals surface area contributed by atoms with Crippen LogP contribution < -0.4 is 15.8 Å². The predicted octanol–water partition coefficient (Wildman–Crippen LogP) is 0.627. The number of likely N-dealkylation sites (N-methyl/N-ethyl adjacent to an activating group) is 1. The minimum Gasteiger partial charge on any atom is -0.493 e. The van der Waals surface area contributed by atoms with Gasteiger partial charge in [-0.3, -0.25) is 9.59 Å². The Kier molecular flexibility index (Phi) is 6.03. The molecule has 1 atom stereocenters. The summed E-state index contributed by atoms with van der Waals surface area (Å²) in [5, 5.41) is 11.6. The van der Waals surface area contributed by atoms with Crippen molar-refractivity contribution >= 4 is 17.5 Å². The van der Waals surface area contributed by atoms with Crippen molar-refractivity contribution in [3.63, 3.8) is 0 Å². The van der Waals surface area contributed by atoms with Gasteiger partial charge in [0.25, 0.3) is 5.91 Å². The number of nitrogens with one attached hydrogen (secondary N) is 1. The van der Waals surface area contributed by atoms with E-state index >= 15 is 0 Å². The van der Waals surface area contributed by atoms with Gasteiger partial charge in [-0.15, -0.1) is 0 Å². The van der Waals surface area contributed by atoms with Gasteiger partial charge in [-0.1, -0.05) is 6.92 Å². The lowest BCUT2D eigenvalue weighted by molar-refractivity contribution is -0.129. The normalized spacial score (nSPS) is 14.8. The maximum atomic E-state index is 12.3. The third-order valence-corrected chi connectivity index (χ3v) is 4.00. The first kappa shape index (κ1) is 18.1. The summed E-state index contributed by atoms with van der Waals surface area (Å²) in [6.45, 7) is 2.16. The van der Waals surface area contributed by atoms with Crippen molar-refractivity contribution in [3.8, 4) is 5.75 Å². The molecule has 1 aliphatic rings. The van der Waals surface area contributed by atoms with E-state index in [1.807, 2.05) is 6.92 Å². The standard InChI is InChI=1S/C17H25N3O4/c1-11(9-21)10-24-13-5-6-15(18)14(7-13)17(23)19-8-16(22)20(2)12-3-4-12/h5-7,11-12,21H,3-4,8-10,18H2,1-2H3,(H,19,23)/t11-/m0/s1. The fourth-order valence-electron chi connectivity index (χ4n) is 2.15. The molecule has 2 rings (SSSR count). The van der Waals surface area contributed by atoms with Crippen LogP contribution in [0.4, 0.5) is 5.69 Å². The summed E-state index contributed by atoms with van der Waals surface area (Å²) in [5.41, 5.74) is 6.43. The van der Waals surface area contributed by atoms with Crippen LogP contribution in [0.5, 0.6) is 5.75 Å². The monoisotopic (exact) mass is 335 g/mol. The molecule has 0 aliphatic heterocycles. The molecule has 1 fully saturated rings. The fourth-order valence-corrected chi connectivity index (χ4v) is 2.15. The Morgan fingerprint density at radius 2 is 2.17 bits per heavy atom. The summed E-state index contributed by atoms with van der Waals surface area (Å²) in [6.07, 6.45) is 2.05. The highest BCUT2D eigenvalue weighted by Gasteiger charge is 2.29. The maximum absolute atomic E-state index is 12.3. The average molecular weight is 335 g/mol. The zero-order chi connectivity index (χ0) is 17.7. The van der Waals surface area contributed by atoms with Crippen molar-refractivity contribution in [1.82, 2.24) is 10.2 Å². The highest BCUT2D eigenvalue weighted by molar-refractivity contribution is 6.01. The first-order valence-electron chi connectivity index (χ1n) is 8.09. The minimum atomic E-state index is -0.411. The number of nitrogens with zero attached hydrogens (tertiary/aromatic N) is 1. The van der Waals surface area contributed by atoms with Gasteiger partial charge < -0.3 is 25.8 Å². The smallest absolute Gasteiger partial charge is 0.253 e. The molecular weight excluding hydrogens is 310 g/mol. The van der Waals surface area contributed by atoms with E-state index in [0.717, 1.165) is 12.8 Å². The quantitative estimate of drug-likeness (QED) is 0.604. The van der Waals surface area contributed by atoms with E-state index in [9.17, 15) is 9.59 Å². The number of aliphatic hydroxyl groups excluding tert-OH is 1. The van der Waals surface area contributed by atoms with E-state index < -0.39 is 5.91 Å². The molecule has 0 saturated heterocycles. The number of carbonyl (C=O) groups excluding carboxylic acids is 2. The van der Waals surface area contributed by atoms with E-state index in [1.165, 1.54) is 0 Å². The van der Waals surface area contributed by atoms with Gasteiger partial charge in [0.05, 0.1) is 18.7 Å². The van der Waals surface area contributed by atoms with Crippen LogP contribution in [0.25, 0.3) is 0 Å². The molecule has 0 unspecified atom stereocenters. The molecule has 0 spiro atoms. The minimum absolute atomic E-state index is 0.00425. The van der Waals surface area contributed by atoms with Crippen molar-refractivity contribution in [2.75, 3.05) is 32.5 Å². The lowest BCUT2D eigenvalue weighted by Gasteiger charge is -2.17. The Morgan fingerprint density at radius 3 is 2.79 bits per heavy atom. The van der Waals surface area contributed by atoms with E-state index in [0.29, 0.717) is 24.1 Å². The fraction of sp³-hybridized carbons (Fsp3) is 0.529. The van der Waals surface area contributed by atoms with Crippen LogP contribution in [0.1, 0.15) is 30.1 Å². The Morgan fingerprint density at radius 1 is 1.46 bits per heavy atom. The molecular formula is C17H25N3O4. The van der Waals surface area contributed by atoms with Crippen LogP contribution in [0.15, 0.2) is 18.2 Å². The van der Waals surface area contributed by atoms with Crippen LogP contribution in [0, 0.1) is 5.92 Å². The summed E-state index contributed by atoms with van der Waals surface area (Å²) in [4.78, 5) is 25.9. The van der Waals surface area contributed by atoms with Gasteiger partial charge >= 0.3 is 0 Å². The van der Waals surface area contributed by atoms with Gasteiger partial charge in [-0.2, -0.15) is 0 Å². The van der Waals surface area contributed by atoms with Crippen molar-refractivity contribution in [2.24, 2.45) is 5.92 Å². The zero-order valence-electron chi connectivity index (χ0n) is 14.1. The number of amides is 2. The molecule has 0 aromatic heterocycles. The molecule has 4 N–H and O–H groups in total. The van der Waals surface area contributed by atoms with E-state index in [4.69, 9.17) is 15.6 Å².